The Bertz CT molecular complexity index is 1010. The van der Waals surface area contributed by atoms with Crippen molar-refractivity contribution in [1.29, 1.82) is 0 Å². The summed E-state index contributed by atoms with van der Waals surface area (Å²) in [4.78, 5) is 0. The molecule has 0 aromatic heterocycles. The molecule has 0 fully saturated rings. The van der Waals surface area contributed by atoms with E-state index in [1.54, 1.807) is 0 Å². The summed E-state index contributed by atoms with van der Waals surface area (Å²) in [6.07, 6.45) is 1.96. The normalized spacial score (nSPS) is 10.5. The van der Waals surface area contributed by atoms with Gasteiger partial charge in [-0.3, -0.25) is 0 Å². The third-order valence-corrected chi connectivity index (χ3v) is 4.70. The summed E-state index contributed by atoms with van der Waals surface area (Å²) < 4.78 is 0. The van der Waals surface area contributed by atoms with Crippen LogP contribution in [0.1, 0.15) is 5.56 Å². The molecule has 4 aromatic rings. The molecule has 0 radical (unpaired) electrons. The summed E-state index contributed by atoms with van der Waals surface area (Å²) in [7, 11) is 0. The minimum atomic E-state index is 1.17. The van der Waals surface area contributed by atoms with Gasteiger partial charge in [-0.25, -0.2) is 0 Å². The highest BCUT2D eigenvalue weighted by molar-refractivity contribution is 5.86. The number of rotatable bonds is 4. The zero-order chi connectivity index (χ0) is 17.8. The maximum Gasteiger partial charge on any atom is -0.0105 e. The Morgan fingerprint density at radius 1 is 0.423 bits per heavy atom. The Balaban J connectivity index is 1.78. The summed E-state index contributed by atoms with van der Waals surface area (Å²) in [5.41, 5.74) is 8.48. The van der Waals surface area contributed by atoms with Gasteiger partial charge in [-0.05, 0) is 38.9 Å². The highest BCUT2D eigenvalue weighted by Gasteiger charge is 2.09. The molecule has 0 unspecified atom stereocenters. The van der Waals surface area contributed by atoms with Gasteiger partial charge in [0.25, 0.3) is 0 Å². The highest BCUT2D eigenvalue weighted by atomic mass is 14.1. The van der Waals surface area contributed by atoms with Gasteiger partial charge >= 0.3 is 0 Å². The van der Waals surface area contributed by atoms with E-state index in [2.05, 4.69) is 97.6 Å². The Hall–Kier alpha value is -3.38. The molecule has 0 bridgehead atoms. The first-order valence-corrected chi connectivity index (χ1v) is 8.83. The van der Waals surface area contributed by atoms with E-state index < -0.39 is 0 Å². The maximum atomic E-state index is 4.07. The first kappa shape index (κ1) is 16.1. The molecule has 4 aromatic carbocycles. The van der Waals surface area contributed by atoms with E-state index in [1.165, 1.54) is 38.9 Å². The van der Waals surface area contributed by atoms with E-state index in [1.807, 2.05) is 18.2 Å². The number of hydrogen-bond donors (Lipinski definition) is 0. The van der Waals surface area contributed by atoms with Crippen LogP contribution in [0.4, 0.5) is 0 Å². The second-order valence-electron chi connectivity index (χ2n) is 6.28. The number of benzene rings is 4. The lowest BCUT2D eigenvalue weighted by atomic mass is 9.91. The van der Waals surface area contributed by atoms with Gasteiger partial charge in [-0.1, -0.05) is 116 Å². The summed E-state index contributed by atoms with van der Waals surface area (Å²) in [6.45, 7) is 4.07. The molecule has 0 N–H and O–H groups in total. The van der Waals surface area contributed by atoms with Crippen LogP contribution in [0.2, 0.25) is 0 Å². The molecule has 0 saturated heterocycles. The van der Waals surface area contributed by atoms with Crippen LogP contribution in [-0.2, 0) is 0 Å². The molecule has 0 amide bonds. The van der Waals surface area contributed by atoms with E-state index in [-0.39, 0.29) is 0 Å². The zero-order valence-electron chi connectivity index (χ0n) is 14.6. The van der Waals surface area contributed by atoms with Crippen LogP contribution in [0.15, 0.2) is 110 Å². The fraction of sp³-hybridized carbons (Fsp3) is 0. The molecule has 26 heavy (non-hydrogen) atoms. The second-order valence-corrected chi connectivity index (χ2v) is 6.28. The van der Waals surface area contributed by atoms with E-state index >= 15 is 0 Å². The van der Waals surface area contributed by atoms with Gasteiger partial charge in [0.15, 0.2) is 0 Å². The summed E-state index contributed by atoms with van der Waals surface area (Å²) >= 11 is 0. The van der Waals surface area contributed by atoms with Gasteiger partial charge in [0.05, 0.1) is 0 Å². The molecule has 0 atom stereocenters. The lowest BCUT2D eigenvalue weighted by molar-refractivity contribution is 1.55. The minimum Gasteiger partial charge on any atom is -0.0984 e. The third-order valence-electron chi connectivity index (χ3n) is 4.70. The predicted molar refractivity (Wildman–Crippen MR) is 113 cm³/mol. The van der Waals surface area contributed by atoms with Crippen molar-refractivity contribution >= 4 is 6.08 Å². The number of hydrogen-bond acceptors (Lipinski definition) is 0. The Labute approximate surface area is 155 Å². The van der Waals surface area contributed by atoms with Gasteiger partial charge in [-0.2, -0.15) is 0 Å². The average molecular weight is 332 g/mol. The average Bonchev–Trinajstić information content (AvgIpc) is 2.74. The van der Waals surface area contributed by atoms with Gasteiger partial charge in [0.2, 0.25) is 0 Å². The summed E-state index contributed by atoms with van der Waals surface area (Å²) in [5, 5.41) is 0. The lowest BCUT2D eigenvalue weighted by Crippen LogP contribution is -1.89. The van der Waals surface area contributed by atoms with Crippen LogP contribution in [0.5, 0.6) is 0 Å². The van der Waals surface area contributed by atoms with Crippen LogP contribution in [0.25, 0.3) is 39.5 Å². The van der Waals surface area contributed by atoms with Crippen molar-refractivity contribution in [3.63, 3.8) is 0 Å². The van der Waals surface area contributed by atoms with Gasteiger partial charge < -0.3 is 0 Å². The van der Waals surface area contributed by atoms with E-state index in [9.17, 15) is 0 Å². The van der Waals surface area contributed by atoms with Gasteiger partial charge in [0.1, 0.15) is 0 Å². The van der Waals surface area contributed by atoms with Crippen LogP contribution < -0.4 is 0 Å². The monoisotopic (exact) mass is 332 g/mol. The van der Waals surface area contributed by atoms with Crippen LogP contribution in [-0.4, -0.2) is 0 Å². The van der Waals surface area contributed by atoms with Crippen molar-refractivity contribution in [1.82, 2.24) is 0 Å². The molecule has 0 aliphatic carbocycles. The van der Waals surface area contributed by atoms with Crippen LogP contribution in [0, 0.1) is 0 Å². The second kappa shape index (κ2) is 7.25. The lowest BCUT2D eigenvalue weighted by Gasteiger charge is -2.13. The molecule has 0 aliphatic rings. The molecule has 0 aliphatic heterocycles. The zero-order valence-corrected chi connectivity index (χ0v) is 14.6. The fourth-order valence-electron chi connectivity index (χ4n) is 3.38. The SMILES string of the molecule is C=Cc1c(-c2ccccc2)cccc1-c1ccc(-c2ccccc2)cc1. The summed E-state index contributed by atoms with van der Waals surface area (Å²) in [6, 6.07) is 36.2. The molecule has 4 rings (SSSR count). The standard InChI is InChI=1S/C26H20/c1-2-24-25(22-12-7-4-8-13-22)14-9-15-26(24)23-18-16-21(17-19-23)20-10-5-3-6-11-20/h2-19H,1H2. The molecule has 0 saturated carbocycles. The first-order valence-electron chi connectivity index (χ1n) is 8.83. The highest BCUT2D eigenvalue weighted by Crippen LogP contribution is 2.34. The maximum absolute atomic E-state index is 4.07. The van der Waals surface area contributed by atoms with Crippen molar-refractivity contribution in [3.8, 4) is 33.4 Å². The molecular weight excluding hydrogens is 312 g/mol. The molecule has 0 heterocycles. The fourth-order valence-corrected chi connectivity index (χ4v) is 3.38. The van der Waals surface area contributed by atoms with E-state index in [0.29, 0.717) is 0 Å². The predicted octanol–water partition coefficient (Wildman–Crippen LogP) is 7.33. The Morgan fingerprint density at radius 2 is 0.846 bits per heavy atom. The van der Waals surface area contributed by atoms with Gasteiger partial charge in [-0.15, -0.1) is 0 Å². The quantitative estimate of drug-likeness (QED) is 0.367. The largest absolute Gasteiger partial charge is 0.0984 e. The van der Waals surface area contributed by atoms with E-state index in [4.69, 9.17) is 0 Å². The minimum absolute atomic E-state index is 1.17. The summed E-state index contributed by atoms with van der Waals surface area (Å²) in [5.74, 6) is 0. The Kier molecular flexibility index (Phi) is 4.49. The molecular formula is C26H20. The van der Waals surface area contributed by atoms with Crippen LogP contribution in [0.3, 0.4) is 0 Å². The van der Waals surface area contributed by atoms with Crippen molar-refractivity contribution in [3.05, 3.63) is 115 Å². The van der Waals surface area contributed by atoms with Crippen molar-refractivity contribution in [2.75, 3.05) is 0 Å². The van der Waals surface area contributed by atoms with Crippen LogP contribution >= 0.6 is 0 Å². The smallest absolute Gasteiger partial charge is 0.0105 e. The molecule has 0 nitrogen and oxygen atoms in total. The molecule has 0 spiro atoms. The van der Waals surface area contributed by atoms with E-state index in [0.717, 1.165) is 0 Å². The first-order chi connectivity index (χ1) is 12.9. The molecule has 124 valence electrons. The van der Waals surface area contributed by atoms with Crippen molar-refractivity contribution < 1.29 is 0 Å². The third kappa shape index (κ3) is 3.10. The molecule has 0 heteroatoms. The Morgan fingerprint density at radius 3 is 1.38 bits per heavy atom. The van der Waals surface area contributed by atoms with Crippen molar-refractivity contribution in [2.24, 2.45) is 0 Å². The van der Waals surface area contributed by atoms with Crippen molar-refractivity contribution in [2.45, 2.75) is 0 Å². The van der Waals surface area contributed by atoms with Gasteiger partial charge in [0, 0.05) is 0 Å². The topological polar surface area (TPSA) is 0 Å².